The molecule has 0 saturated heterocycles. The van der Waals surface area contributed by atoms with E-state index in [0.717, 1.165) is 36.8 Å². The average molecular weight is 1280 g/mol. The number of carbonyl (C=O) groups is 8. The fraction of sp³-hybridized carbons (Fsp3) is 0.290. The van der Waals surface area contributed by atoms with Crippen molar-refractivity contribution in [2.45, 2.75) is 77.7 Å². The van der Waals surface area contributed by atoms with Gasteiger partial charge in [-0.05, 0) is 107 Å². The van der Waals surface area contributed by atoms with Crippen LogP contribution in [0.4, 0.5) is 9.59 Å². The summed E-state index contributed by atoms with van der Waals surface area (Å²) in [6, 6.07) is 37.3. The Morgan fingerprint density at radius 3 is 1.44 bits per heavy atom. The largest absolute Gasteiger partial charge is 0.490 e. The van der Waals surface area contributed by atoms with Crippen molar-refractivity contribution in [2.24, 2.45) is 0 Å². The number of allylic oxidation sites excluding steroid dienone is 4. The van der Waals surface area contributed by atoms with Gasteiger partial charge in [-0.25, -0.2) is 28.8 Å². The quantitative estimate of drug-likeness (QED) is 0.00948. The second-order valence-corrected chi connectivity index (χ2v) is 22.5. The third-order valence-electron chi connectivity index (χ3n) is 13.6. The van der Waals surface area contributed by atoms with Crippen molar-refractivity contribution >= 4 is 82.1 Å². The molecule has 0 saturated carbocycles. The van der Waals surface area contributed by atoms with E-state index >= 15 is 0 Å². The third-order valence-corrected chi connectivity index (χ3v) is 15.9. The first-order chi connectivity index (χ1) is 44.1. The number of esters is 4. The van der Waals surface area contributed by atoms with Gasteiger partial charge in [0.2, 0.25) is 0 Å². The van der Waals surface area contributed by atoms with Crippen LogP contribution >= 0.6 is 23.5 Å². The minimum Gasteiger partial charge on any atom is -0.490 e. The number of rotatable bonds is 34. The van der Waals surface area contributed by atoms with Gasteiger partial charge in [0, 0.05) is 34.8 Å². The predicted octanol–water partition coefficient (Wildman–Crippen LogP) is 12.3. The van der Waals surface area contributed by atoms with Gasteiger partial charge < -0.3 is 52.9 Å². The first-order valence-electron chi connectivity index (χ1n) is 29.3. The van der Waals surface area contributed by atoms with Crippen LogP contribution in [-0.2, 0) is 51.2 Å². The minimum absolute atomic E-state index is 0.0123. The number of methoxy groups -OCH3 is 2. The number of benzene rings is 6. The Balaban J connectivity index is 0.884. The molecule has 2 N–H and O–H groups in total. The van der Waals surface area contributed by atoms with Crippen LogP contribution in [-0.4, -0.2) is 112 Å². The molecular formula is C69H70N2O18S2. The van der Waals surface area contributed by atoms with Gasteiger partial charge >= 0.3 is 36.1 Å². The molecule has 1 heterocycles. The summed E-state index contributed by atoms with van der Waals surface area (Å²) in [5, 5.41) is 5.64. The molecule has 2 amide bonds. The third kappa shape index (κ3) is 21.8. The maximum atomic E-state index is 13.5. The van der Waals surface area contributed by atoms with Crippen molar-refractivity contribution in [2.75, 3.05) is 52.2 Å². The first kappa shape index (κ1) is 68.8. The summed E-state index contributed by atoms with van der Waals surface area (Å²) in [4.78, 5) is 117. The molecule has 22 heteroatoms. The van der Waals surface area contributed by atoms with E-state index in [-0.39, 0.29) is 85.0 Å². The van der Waals surface area contributed by atoms with Crippen LogP contribution in [0, 0.1) is 0 Å². The van der Waals surface area contributed by atoms with E-state index in [1.54, 1.807) is 48.5 Å². The Kier molecular flexibility index (Phi) is 27.3. The Morgan fingerprint density at radius 2 is 0.978 bits per heavy atom. The molecule has 0 radical (unpaired) electrons. The minimum atomic E-state index is -1.05. The van der Waals surface area contributed by atoms with Crippen LogP contribution in [0.1, 0.15) is 105 Å². The van der Waals surface area contributed by atoms with Gasteiger partial charge in [-0.2, -0.15) is 0 Å². The fourth-order valence-corrected chi connectivity index (χ4v) is 10.8. The van der Waals surface area contributed by atoms with Crippen molar-refractivity contribution in [3.05, 3.63) is 211 Å². The van der Waals surface area contributed by atoms with Crippen molar-refractivity contribution < 1.29 is 80.7 Å². The van der Waals surface area contributed by atoms with Gasteiger partial charge in [0.05, 0.1) is 36.3 Å². The van der Waals surface area contributed by atoms with Crippen molar-refractivity contribution in [1.29, 1.82) is 0 Å². The molecular weight excluding hydrogens is 1210 g/mol. The molecule has 0 aromatic heterocycles. The van der Waals surface area contributed by atoms with E-state index in [1.807, 2.05) is 50.2 Å². The fourth-order valence-electron chi connectivity index (χ4n) is 8.69. The summed E-state index contributed by atoms with van der Waals surface area (Å²) in [5.41, 5.74) is 3.06. The van der Waals surface area contributed by atoms with Crippen LogP contribution in [0.25, 0.3) is 22.3 Å². The zero-order chi connectivity index (χ0) is 64.9. The Labute approximate surface area is 534 Å². The second-order valence-electron chi connectivity index (χ2n) is 20.2. The molecule has 20 nitrogen and oxygen atoms in total. The maximum absolute atomic E-state index is 13.5. The topological polar surface area (TPSA) is 265 Å². The van der Waals surface area contributed by atoms with E-state index in [1.165, 1.54) is 111 Å². The van der Waals surface area contributed by atoms with E-state index in [4.69, 9.17) is 42.3 Å². The molecule has 0 fully saturated rings. The highest BCUT2D eigenvalue weighted by Gasteiger charge is 2.26. The van der Waals surface area contributed by atoms with Gasteiger partial charge in [0.1, 0.15) is 74.6 Å². The summed E-state index contributed by atoms with van der Waals surface area (Å²) in [6.45, 7) is 3.61. The number of ketones is 2. The van der Waals surface area contributed by atoms with Crippen LogP contribution in [0.3, 0.4) is 0 Å². The molecule has 2 aliphatic rings. The number of nitrogens with one attached hydrogen (secondary N) is 2. The molecule has 1 aliphatic carbocycles. The summed E-state index contributed by atoms with van der Waals surface area (Å²) in [7, 11) is 2.44. The zero-order valence-corrected chi connectivity index (χ0v) is 52.4. The maximum Gasteiger partial charge on any atom is 0.408 e. The number of unbranched alkanes of at least 4 members (excludes halogenated alkanes) is 2. The van der Waals surface area contributed by atoms with Crippen LogP contribution in [0.2, 0.25) is 0 Å². The standard InChI is InChI=1S/C69H70N2O18S2/c1-5-7-19-53(90-43-57(66(77)81-3)70-68(79)87-41-45-15-11-9-12-16-45)39-59(73)47-21-25-49(26-22-47)64(75)85-35-33-83-52-30-32-56-62(38-52)89-61-37-51(72)29-31-55(61)63(56)84-34-36-86-65(76)50-27-23-48(24-28-50)60(74)40-54(20-8-6-2)91-44-58(67(78)82-4)71-69(80)88-42-46-17-13-10-14-18-46/h9-18,21-32,37-40,57-58H,5-8,19-20,33-36,41-44H2,1-4H3,(H,70,79)(H,71,80)/b53-39-,54-40-/t57-,58-/m0/s1. The van der Waals surface area contributed by atoms with Crippen LogP contribution in [0.5, 0.6) is 11.5 Å². The molecule has 0 spiro atoms. The summed E-state index contributed by atoms with van der Waals surface area (Å²) in [5.74, 6) is -2.19. The van der Waals surface area contributed by atoms with Crippen molar-refractivity contribution in [3.63, 3.8) is 0 Å². The molecule has 476 valence electrons. The molecule has 91 heavy (non-hydrogen) atoms. The van der Waals surface area contributed by atoms with E-state index in [2.05, 4.69) is 10.6 Å². The zero-order valence-electron chi connectivity index (χ0n) is 50.7. The molecule has 7 rings (SSSR count). The van der Waals surface area contributed by atoms with E-state index in [9.17, 15) is 43.2 Å². The molecule has 0 unspecified atom stereocenters. The summed E-state index contributed by atoms with van der Waals surface area (Å²) < 4.78 is 49.7. The highest BCUT2D eigenvalue weighted by atomic mass is 32.2. The number of alkyl carbamates (subject to hydrolysis) is 2. The van der Waals surface area contributed by atoms with Gasteiger partial charge in [0.25, 0.3) is 0 Å². The van der Waals surface area contributed by atoms with Gasteiger partial charge in [0.15, 0.2) is 17.0 Å². The average Bonchev–Trinajstić information content (AvgIpc) is 0.855. The second kappa shape index (κ2) is 36.1. The normalized spacial score (nSPS) is 12.0. The van der Waals surface area contributed by atoms with E-state index < -0.39 is 48.1 Å². The Bertz CT molecular complexity index is 3700. The molecule has 2 atom stereocenters. The molecule has 0 bridgehead atoms. The smallest absolute Gasteiger partial charge is 0.408 e. The number of amides is 2. The lowest BCUT2D eigenvalue weighted by Crippen LogP contribution is -2.43. The Morgan fingerprint density at radius 1 is 0.516 bits per heavy atom. The number of thioether (sulfide) groups is 2. The lowest BCUT2D eigenvalue weighted by Gasteiger charge is -2.17. The van der Waals surface area contributed by atoms with Gasteiger partial charge in [-0.15, -0.1) is 23.5 Å². The molecule has 5 aromatic carbocycles. The number of carbonyl (C=O) groups excluding carboxylic acids is 8. The SMILES string of the molecule is CCCC/C(=C/C(=O)c1ccc(C(=O)OCCOc2ccc3c(OCCOC(=O)c4ccc(C(=O)/C=C(/CCCC)SC[C@H](NC(=O)OCc5ccccc5)C(=O)OC)cc4)c4ccc(=O)cc-4oc3c2)cc1)SC[C@H](NC(=O)OCc1ccccc1)C(=O)OC. The highest BCUT2D eigenvalue weighted by molar-refractivity contribution is 8.03. The van der Waals surface area contributed by atoms with Crippen molar-refractivity contribution in [1.82, 2.24) is 10.6 Å². The first-order valence-corrected chi connectivity index (χ1v) is 31.3. The molecule has 1 aliphatic heterocycles. The number of hydrogen-bond acceptors (Lipinski definition) is 20. The summed E-state index contributed by atoms with van der Waals surface area (Å²) in [6.07, 6.45) is 5.71. The number of hydrogen-bond donors (Lipinski definition) is 2. The summed E-state index contributed by atoms with van der Waals surface area (Å²) >= 11 is 2.49. The predicted molar refractivity (Wildman–Crippen MR) is 343 cm³/mol. The van der Waals surface area contributed by atoms with Gasteiger partial charge in [-0.3, -0.25) is 14.4 Å². The van der Waals surface area contributed by atoms with Crippen LogP contribution < -0.4 is 25.5 Å². The van der Waals surface area contributed by atoms with Gasteiger partial charge in [-0.1, -0.05) is 112 Å². The van der Waals surface area contributed by atoms with Crippen molar-refractivity contribution in [3.8, 4) is 22.8 Å². The lowest BCUT2D eigenvalue weighted by molar-refractivity contribution is -0.143. The van der Waals surface area contributed by atoms with Crippen LogP contribution in [0.15, 0.2) is 177 Å². The monoisotopic (exact) mass is 1280 g/mol. The van der Waals surface area contributed by atoms with E-state index in [0.29, 0.717) is 61.8 Å². The molecule has 5 aromatic rings. The number of fused-ring (bicyclic) bond motifs is 2. The Hall–Kier alpha value is -9.67. The lowest BCUT2D eigenvalue weighted by atomic mass is 10.1. The number of ether oxygens (including phenoxy) is 8. The highest BCUT2D eigenvalue weighted by Crippen LogP contribution is 2.40.